The number of aliphatic hydroxyl groups is 2. The lowest BCUT2D eigenvalue weighted by atomic mass is 9.78. The second-order valence-corrected chi connectivity index (χ2v) is 8.52. The molecule has 0 radical (unpaired) electrons. The lowest BCUT2D eigenvalue weighted by molar-refractivity contribution is -0.199. The summed E-state index contributed by atoms with van der Waals surface area (Å²) in [7, 11) is 1.81. The Morgan fingerprint density at radius 1 is 1.32 bits per heavy atom. The van der Waals surface area contributed by atoms with Crippen LogP contribution in [0.2, 0.25) is 0 Å². The van der Waals surface area contributed by atoms with Crippen molar-refractivity contribution >= 4 is 23.7 Å². The highest BCUT2D eigenvalue weighted by Crippen LogP contribution is 2.34. The van der Waals surface area contributed by atoms with Crippen LogP contribution in [0.5, 0.6) is 0 Å². The van der Waals surface area contributed by atoms with E-state index in [1.807, 2.05) is 11.9 Å². The van der Waals surface area contributed by atoms with E-state index >= 15 is 0 Å². The van der Waals surface area contributed by atoms with Crippen LogP contribution in [-0.4, -0.2) is 89.0 Å². The lowest BCUT2D eigenvalue weighted by Gasteiger charge is -2.39. The van der Waals surface area contributed by atoms with E-state index in [0.717, 1.165) is 6.92 Å². The summed E-state index contributed by atoms with van der Waals surface area (Å²) < 4.78 is 16.0. The third kappa shape index (κ3) is 5.31. The molecule has 2 aliphatic rings. The molecule has 10 heteroatoms. The van der Waals surface area contributed by atoms with Gasteiger partial charge in [0.05, 0.1) is 6.10 Å². The lowest BCUT2D eigenvalue weighted by Crippen LogP contribution is -2.57. The Balaban J connectivity index is 2.56. The molecule has 0 aromatic rings. The number of Topliss-reactive ketones (excluding diaryl/α,β-unsaturated/α-hetero) is 1. The van der Waals surface area contributed by atoms with Gasteiger partial charge in [-0.2, -0.15) is 0 Å². The van der Waals surface area contributed by atoms with Crippen molar-refractivity contribution in [3.8, 4) is 0 Å². The molecule has 2 N–H and O–H groups in total. The minimum Gasteiger partial charge on any atom is -0.458 e. The minimum atomic E-state index is -2.45. The molecular formula is C21H31NO9. The topological polar surface area (TPSA) is 140 Å². The van der Waals surface area contributed by atoms with Crippen molar-refractivity contribution in [1.29, 1.82) is 0 Å². The molecule has 2 aliphatic heterocycles. The fourth-order valence-corrected chi connectivity index (χ4v) is 3.62. The van der Waals surface area contributed by atoms with Crippen molar-refractivity contribution in [2.45, 2.75) is 63.9 Å². The summed E-state index contributed by atoms with van der Waals surface area (Å²) >= 11 is 0. The van der Waals surface area contributed by atoms with Crippen LogP contribution in [0.15, 0.2) is 11.6 Å². The summed E-state index contributed by atoms with van der Waals surface area (Å²) in [4.78, 5) is 52.4. The molecule has 0 amide bonds. The first-order valence-corrected chi connectivity index (χ1v) is 10.2. The largest absolute Gasteiger partial charge is 0.458 e. The number of likely N-dealkylation sites (N-methyl/N-ethyl adjacent to an activating group) is 1. The molecule has 1 saturated heterocycles. The van der Waals surface area contributed by atoms with Gasteiger partial charge in [-0.25, -0.2) is 9.59 Å². The normalized spacial score (nSPS) is 36.4. The molecular weight excluding hydrogens is 410 g/mol. The fourth-order valence-electron chi connectivity index (χ4n) is 3.62. The van der Waals surface area contributed by atoms with Gasteiger partial charge in [-0.3, -0.25) is 9.59 Å². The number of ether oxygens (including phenoxy) is 3. The number of cyclic esters (lactones) is 1. The molecule has 31 heavy (non-hydrogen) atoms. The number of hydrogen-bond acceptors (Lipinski definition) is 10. The van der Waals surface area contributed by atoms with Crippen molar-refractivity contribution < 1.29 is 43.6 Å². The van der Waals surface area contributed by atoms with Crippen LogP contribution in [0.3, 0.4) is 0 Å². The van der Waals surface area contributed by atoms with E-state index in [-0.39, 0.29) is 18.6 Å². The number of ketones is 1. The smallest absolute Gasteiger partial charge is 0.350 e. The van der Waals surface area contributed by atoms with Gasteiger partial charge in [-0.1, -0.05) is 13.0 Å². The Kier molecular flexibility index (Phi) is 7.61. The highest BCUT2D eigenvalue weighted by Gasteiger charge is 2.53. The number of carbonyl (C=O) groups is 4. The average Bonchev–Trinajstić information content (AvgIpc) is 2.67. The van der Waals surface area contributed by atoms with E-state index in [9.17, 15) is 29.4 Å². The highest BCUT2D eigenvalue weighted by molar-refractivity contribution is 6.01. The number of aliphatic hydroxyl groups excluding tert-OH is 1. The maximum atomic E-state index is 13.0. The molecule has 0 aliphatic carbocycles. The summed E-state index contributed by atoms with van der Waals surface area (Å²) in [5.74, 6) is -4.39. The minimum absolute atomic E-state index is 0.122. The van der Waals surface area contributed by atoms with Gasteiger partial charge in [0.15, 0.2) is 11.7 Å². The molecule has 0 aromatic carbocycles. The van der Waals surface area contributed by atoms with Crippen LogP contribution in [-0.2, 0) is 33.4 Å². The van der Waals surface area contributed by atoms with Gasteiger partial charge in [-0.15, -0.1) is 0 Å². The van der Waals surface area contributed by atoms with Crippen LogP contribution in [0.25, 0.3) is 0 Å². The molecule has 0 aromatic heterocycles. The Labute approximate surface area is 181 Å². The maximum absolute atomic E-state index is 13.0. The zero-order chi connectivity index (χ0) is 23.6. The van der Waals surface area contributed by atoms with Crippen molar-refractivity contribution in [2.75, 3.05) is 26.7 Å². The summed E-state index contributed by atoms with van der Waals surface area (Å²) in [6.45, 7) is 5.55. The highest BCUT2D eigenvalue weighted by atomic mass is 16.6. The fraction of sp³-hybridized carbons (Fsp3) is 0.714. The molecule has 10 nitrogen and oxygen atoms in total. The van der Waals surface area contributed by atoms with E-state index in [2.05, 4.69) is 0 Å². The standard InChI is InChI=1S/C21H31NO9/c1-12-10-21(28,13(2)23)19(27)30-16-7-9-22(5)8-6-15(17(16)25)11-29-18(26)20(12,4)31-14(3)24/h6,12-13,16,23,28H,7-11H2,1-5H3/b15-6-/t12-,13-,16+,20-,21-/m0/s1. The molecule has 0 spiro atoms. The second kappa shape index (κ2) is 9.46. The van der Waals surface area contributed by atoms with Gasteiger partial charge >= 0.3 is 17.9 Å². The Hall–Kier alpha value is -2.30. The first-order chi connectivity index (χ1) is 14.3. The zero-order valence-corrected chi connectivity index (χ0v) is 18.5. The number of esters is 3. The van der Waals surface area contributed by atoms with E-state index in [4.69, 9.17) is 14.2 Å². The van der Waals surface area contributed by atoms with Gasteiger partial charge in [0.1, 0.15) is 6.61 Å². The van der Waals surface area contributed by atoms with Crippen molar-refractivity contribution in [3.05, 3.63) is 11.6 Å². The SMILES string of the molecule is CC(=O)O[C@]1(C)C(=O)OC/C2=C/CN(C)CC[C@@H](OC(=O)[C@@](O)([C@H](C)O)C[C@@H]1C)C2=O. The number of rotatable bonds is 2. The zero-order valence-electron chi connectivity index (χ0n) is 18.5. The van der Waals surface area contributed by atoms with Gasteiger partial charge in [0.2, 0.25) is 11.4 Å². The third-order valence-electron chi connectivity index (χ3n) is 6.00. The van der Waals surface area contributed by atoms with Gasteiger partial charge in [0.25, 0.3) is 0 Å². The van der Waals surface area contributed by atoms with Crippen molar-refractivity contribution in [2.24, 2.45) is 5.92 Å². The number of carbonyl (C=O) groups excluding carboxylic acids is 4. The summed E-state index contributed by atoms with van der Waals surface area (Å²) in [6.07, 6.45) is -1.53. The molecule has 174 valence electrons. The molecule has 0 unspecified atom stereocenters. The quantitative estimate of drug-likeness (QED) is 0.435. The Morgan fingerprint density at radius 2 is 1.97 bits per heavy atom. The Bertz CT molecular complexity index is 777. The first-order valence-electron chi connectivity index (χ1n) is 10.2. The molecule has 2 rings (SSSR count). The van der Waals surface area contributed by atoms with Crippen LogP contribution in [0.1, 0.15) is 40.5 Å². The van der Waals surface area contributed by atoms with E-state index in [1.54, 1.807) is 6.08 Å². The van der Waals surface area contributed by atoms with Crippen LogP contribution in [0, 0.1) is 5.92 Å². The molecule has 1 fully saturated rings. The van der Waals surface area contributed by atoms with Crippen LogP contribution < -0.4 is 0 Å². The van der Waals surface area contributed by atoms with E-state index in [0.29, 0.717) is 13.1 Å². The number of nitrogens with zero attached hydrogens (tertiary/aromatic N) is 1. The average molecular weight is 441 g/mol. The van der Waals surface area contributed by atoms with E-state index in [1.165, 1.54) is 20.8 Å². The summed E-state index contributed by atoms with van der Waals surface area (Å²) in [5.41, 5.74) is -4.20. The number of fused-ring (bicyclic) bond motifs is 2. The van der Waals surface area contributed by atoms with Gasteiger partial charge in [-0.05, 0) is 27.3 Å². The maximum Gasteiger partial charge on any atom is 0.350 e. The van der Waals surface area contributed by atoms with Gasteiger partial charge in [0, 0.05) is 37.9 Å². The molecule has 5 atom stereocenters. The van der Waals surface area contributed by atoms with E-state index < -0.39 is 59.4 Å². The summed E-state index contributed by atoms with van der Waals surface area (Å²) in [6, 6.07) is 0. The Morgan fingerprint density at radius 3 is 2.55 bits per heavy atom. The predicted molar refractivity (Wildman–Crippen MR) is 107 cm³/mol. The monoisotopic (exact) mass is 441 g/mol. The van der Waals surface area contributed by atoms with Gasteiger partial charge < -0.3 is 29.3 Å². The number of hydrogen-bond donors (Lipinski definition) is 2. The predicted octanol–water partition coefficient (Wildman–Crippen LogP) is -0.254. The molecule has 2 bridgehead atoms. The molecule has 2 heterocycles. The molecule has 0 saturated carbocycles. The van der Waals surface area contributed by atoms with Crippen LogP contribution >= 0.6 is 0 Å². The third-order valence-corrected chi connectivity index (χ3v) is 6.00. The van der Waals surface area contributed by atoms with Crippen molar-refractivity contribution in [1.82, 2.24) is 4.90 Å². The first kappa shape index (κ1) is 25.0. The summed E-state index contributed by atoms with van der Waals surface area (Å²) in [5, 5.41) is 21.2. The van der Waals surface area contributed by atoms with Crippen molar-refractivity contribution in [3.63, 3.8) is 0 Å². The van der Waals surface area contributed by atoms with Crippen LogP contribution in [0.4, 0.5) is 0 Å². The second-order valence-electron chi connectivity index (χ2n) is 8.52.